The molecule has 2 amide bonds. The highest BCUT2D eigenvalue weighted by Gasteiger charge is 2.25. The van der Waals surface area contributed by atoms with Gasteiger partial charge in [0.05, 0.1) is 13.1 Å². The Labute approximate surface area is 160 Å². The molecule has 0 bridgehead atoms. The molecule has 0 saturated carbocycles. The van der Waals surface area contributed by atoms with Gasteiger partial charge in [0.15, 0.2) is 0 Å². The van der Waals surface area contributed by atoms with E-state index in [0.717, 1.165) is 45.7 Å². The Hall–Kier alpha value is -1.99. The van der Waals surface area contributed by atoms with Crippen LogP contribution in [-0.4, -0.2) is 78.9 Å². The molecule has 0 aliphatic carbocycles. The fourth-order valence-electron chi connectivity index (χ4n) is 3.75. The topological polar surface area (TPSA) is 55.9 Å². The molecule has 6 nitrogen and oxygen atoms in total. The monoisotopic (exact) mass is 376 g/mol. The summed E-state index contributed by atoms with van der Waals surface area (Å²) in [5, 5.41) is 2.79. The van der Waals surface area contributed by atoms with E-state index >= 15 is 0 Å². The Kier molecular flexibility index (Phi) is 6.79. The molecule has 0 radical (unpaired) electrons. The molecule has 3 rings (SSSR count). The van der Waals surface area contributed by atoms with E-state index in [0.29, 0.717) is 24.7 Å². The summed E-state index contributed by atoms with van der Waals surface area (Å²) in [6, 6.07) is 5.76. The number of piperidine rings is 1. The van der Waals surface area contributed by atoms with Crippen molar-refractivity contribution in [3.63, 3.8) is 0 Å². The summed E-state index contributed by atoms with van der Waals surface area (Å²) in [6.45, 7) is 7.86. The van der Waals surface area contributed by atoms with Gasteiger partial charge in [-0.25, -0.2) is 4.39 Å². The van der Waals surface area contributed by atoms with Crippen LogP contribution in [0, 0.1) is 11.7 Å². The van der Waals surface area contributed by atoms with Gasteiger partial charge >= 0.3 is 0 Å². The number of carbonyl (C=O) groups is 2. The van der Waals surface area contributed by atoms with E-state index in [-0.39, 0.29) is 17.6 Å². The Balaban J connectivity index is 1.37. The van der Waals surface area contributed by atoms with Crippen molar-refractivity contribution in [1.82, 2.24) is 14.7 Å². The van der Waals surface area contributed by atoms with Crippen molar-refractivity contribution in [2.24, 2.45) is 5.92 Å². The van der Waals surface area contributed by atoms with Gasteiger partial charge in [-0.05, 0) is 43.0 Å². The first kappa shape index (κ1) is 19.8. The number of benzene rings is 1. The fourth-order valence-corrected chi connectivity index (χ4v) is 3.75. The average molecular weight is 376 g/mol. The second kappa shape index (κ2) is 9.28. The van der Waals surface area contributed by atoms with Gasteiger partial charge in [-0.2, -0.15) is 0 Å². The minimum absolute atomic E-state index is 0.103. The molecule has 0 aromatic heterocycles. The van der Waals surface area contributed by atoms with Crippen molar-refractivity contribution in [3.05, 3.63) is 30.1 Å². The van der Waals surface area contributed by atoms with E-state index in [1.54, 1.807) is 12.1 Å². The number of piperazine rings is 1. The summed E-state index contributed by atoms with van der Waals surface area (Å²) in [4.78, 5) is 30.9. The van der Waals surface area contributed by atoms with Crippen LogP contribution < -0.4 is 5.32 Å². The first-order chi connectivity index (χ1) is 13.0. The van der Waals surface area contributed by atoms with Gasteiger partial charge in [0.2, 0.25) is 11.8 Å². The third-order valence-electron chi connectivity index (χ3n) is 5.33. The van der Waals surface area contributed by atoms with Crippen LogP contribution in [0.5, 0.6) is 0 Å². The van der Waals surface area contributed by atoms with Crippen LogP contribution in [0.3, 0.4) is 0 Å². The van der Waals surface area contributed by atoms with Crippen molar-refractivity contribution in [3.8, 4) is 0 Å². The van der Waals surface area contributed by atoms with Gasteiger partial charge in [0.1, 0.15) is 5.82 Å². The van der Waals surface area contributed by atoms with Gasteiger partial charge < -0.3 is 10.2 Å². The van der Waals surface area contributed by atoms with Crippen molar-refractivity contribution < 1.29 is 14.0 Å². The maximum Gasteiger partial charge on any atom is 0.238 e. The lowest BCUT2D eigenvalue weighted by Gasteiger charge is -2.36. The summed E-state index contributed by atoms with van der Waals surface area (Å²) in [5.41, 5.74) is 0.599. The maximum atomic E-state index is 12.9. The largest absolute Gasteiger partial charge is 0.341 e. The van der Waals surface area contributed by atoms with E-state index in [1.807, 2.05) is 4.90 Å². The number of hydrogen-bond acceptors (Lipinski definition) is 4. The molecule has 2 aliphatic heterocycles. The minimum atomic E-state index is -0.322. The molecule has 0 unspecified atom stereocenters. The van der Waals surface area contributed by atoms with Crippen LogP contribution >= 0.6 is 0 Å². The van der Waals surface area contributed by atoms with E-state index in [1.165, 1.54) is 18.6 Å². The quantitative estimate of drug-likeness (QED) is 0.849. The molecule has 2 saturated heterocycles. The number of likely N-dealkylation sites (tertiary alicyclic amines) is 1. The molecule has 0 spiro atoms. The molecular weight excluding hydrogens is 347 g/mol. The van der Waals surface area contributed by atoms with Gasteiger partial charge in [-0.1, -0.05) is 6.92 Å². The fraction of sp³-hybridized carbons (Fsp3) is 0.600. The lowest BCUT2D eigenvalue weighted by molar-refractivity contribution is -0.134. The van der Waals surface area contributed by atoms with E-state index < -0.39 is 0 Å². The third-order valence-corrected chi connectivity index (χ3v) is 5.33. The molecule has 1 N–H and O–H groups in total. The van der Waals surface area contributed by atoms with Crippen molar-refractivity contribution in [2.75, 3.05) is 57.7 Å². The molecule has 7 heteroatoms. The number of nitrogens with one attached hydrogen (secondary N) is 1. The van der Waals surface area contributed by atoms with E-state index in [9.17, 15) is 14.0 Å². The van der Waals surface area contributed by atoms with Crippen LogP contribution in [0.4, 0.5) is 10.1 Å². The van der Waals surface area contributed by atoms with Crippen LogP contribution in [-0.2, 0) is 9.59 Å². The predicted octanol–water partition coefficient (Wildman–Crippen LogP) is 1.64. The van der Waals surface area contributed by atoms with Crippen LogP contribution in [0.25, 0.3) is 0 Å². The Morgan fingerprint density at radius 2 is 1.67 bits per heavy atom. The molecule has 1 atom stereocenters. The van der Waals surface area contributed by atoms with E-state index in [2.05, 4.69) is 22.0 Å². The first-order valence-electron chi connectivity index (χ1n) is 9.77. The summed E-state index contributed by atoms with van der Waals surface area (Å²) >= 11 is 0. The SMILES string of the molecule is C[C@@H]1CCCN(C(=O)CN2CCN(CC(=O)Nc3ccc(F)cc3)CC2)C1. The molecule has 2 aliphatic rings. The molecule has 27 heavy (non-hydrogen) atoms. The average Bonchev–Trinajstić information content (AvgIpc) is 2.65. The summed E-state index contributed by atoms with van der Waals surface area (Å²) < 4.78 is 12.9. The van der Waals surface area contributed by atoms with Gasteiger partial charge in [0.25, 0.3) is 0 Å². The number of carbonyl (C=O) groups excluding carboxylic acids is 2. The highest BCUT2D eigenvalue weighted by Crippen LogP contribution is 2.16. The van der Waals surface area contributed by atoms with Crippen LogP contribution in [0.1, 0.15) is 19.8 Å². The van der Waals surface area contributed by atoms with Crippen molar-refractivity contribution >= 4 is 17.5 Å². The first-order valence-corrected chi connectivity index (χ1v) is 9.77. The highest BCUT2D eigenvalue weighted by molar-refractivity contribution is 5.92. The smallest absolute Gasteiger partial charge is 0.238 e. The molecule has 2 heterocycles. The van der Waals surface area contributed by atoms with Crippen molar-refractivity contribution in [1.29, 1.82) is 0 Å². The zero-order valence-corrected chi connectivity index (χ0v) is 16.0. The number of halogens is 1. The zero-order valence-electron chi connectivity index (χ0n) is 16.0. The number of hydrogen-bond donors (Lipinski definition) is 1. The molecule has 1 aromatic carbocycles. The number of nitrogens with zero attached hydrogens (tertiary/aromatic N) is 3. The Morgan fingerprint density at radius 1 is 1.04 bits per heavy atom. The second-order valence-corrected chi connectivity index (χ2v) is 7.69. The normalized spacial score (nSPS) is 21.9. The molecular formula is C20H29FN4O2. The van der Waals surface area contributed by atoms with Crippen LogP contribution in [0.2, 0.25) is 0 Å². The summed E-state index contributed by atoms with van der Waals surface area (Å²) in [5.74, 6) is 0.398. The molecule has 1 aromatic rings. The standard InChI is InChI=1S/C20H29FN4O2/c1-16-3-2-8-25(13-16)20(27)15-24-11-9-23(10-12-24)14-19(26)22-18-6-4-17(21)5-7-18/h4-7,16H,2-3,8-15H2,1H3,(H,22,26)/t16-/m1/s1. The lowest BCUT2D eigenvalue weighted by atomic mass is 10.0. The molecule has 148 valence electrons. The van der Waals surface area contributed by atoms with Gasteiger partial charge in [-0.15, -0.1) is 0 Å². The third kappa shape index (κ3) is 6.01. The van der Waals surface area contributed by atoms with Crippen molar-refractivity contribution in [2.45, 2.75) is 19.8 Å². The summed E-state index contributed by atoms with van der Waals surface area (Å²) in [6.07, 6.45) is 2.31. The number of amides is 2. The maximum absolute atomic E-state index is 12.9. The number of rotatable bonds is 5. The Bertz CT molecular complexity index is 644. The van der Waals surface area contributed by atoms with Crippen LogP contribution in [0.15, 0.2) is 24.3 Å². The van der Waals surface area contributed by atoms with Gasteiger partial charge in [0, 0.05) is 45.0 Å². The molecule has 2 fully saturated rings. The zero-order chi connectivity index (χ0) is 19.2. The lowest BCUT2D eigenvalue weighted by Crippen LogP contribution is -2.52. The van der Waals surface area contributed by atoms with Gasteiger partial charge in [-0.3, -0.25) is 19.4 Å². The minimum Gasteiger partial charge on any atom is -0.341 e. The summed E-state index contributed by atoms with van der Waals surface area (Å²) in [7, 11) is 0. The van der Waals surface area contributed by atoms with E-state index in [4.69, 9.17) is 0 Å². The second-order valence-electron chi connectivity index (χ2n) is 7.69. The predicted molar refractivity (Wildman–Crippen MR) is 103 cm³/mol. The highest BCUT2D eigenvalue weighted by atomic mass is 19.1. The number of anilines is 1. The Morgan fingerprint density at radius 3 is 2.30 bits per heavy atom.